The SMILES string of the molecule is CN(C)c1ncccc1NCc1cc(Br)ccc1[N+](=O)[O-]. The van der Waals surface area contributed by atoms with Crippen LogP contribution in [0.1, 0.15) is 5.56 Å². The fourth-order valence-electron chi connectivity index (χ4n) is 1.96. The van der Waals surface area contributed by atoms with Crippen molar-refractivity contribution in [2.75, 3.05) is 24.3 Å². The van der Waals surface area contributed by atoms with Gasteiger partial charge in [-0.2, -0.15) is 0 Å². The Hall–Kier alpha value is -2.15. The molecular weight excluding hydrogens is 336 g/mol. The van der Waals surface area contributed by atoms with Gasteiger partial charge in [0.05, 0.1) is 10.6 Å². The molecule has 7 heteroatoms. The number of anilines is 2. The van der Waals surface area contributed by atoms with Gasteiger partial charge in [0, 0.05) is 42.9 Å². The summed E-state index contributed by atoms with van der Waals surface area (Å²) in [5.74, 6) is 0.787. The van der Waals surface area contributed by atoms with E-state index >= 15 is 0 Å². The molecule has 1 aromatic carbocycles. The molecule has 110 valence electrons. The number of nitrogens with zero attached hydrogens (tertiary/aromatic N) is 3. The van der Waals surface area contributed by atoms with Gasteiger partial charge in [-0.3, -0.25) is 10.1 Å². The van der Waals surface area contributed by atoms with Crippen molar-refractivity contribution in [3.05, 3.63) is 56.7 Å². The van der Waals surface area contributed by atoms with Crippen molar-refractivity contribution in [1.29, 1.82) is 0 Å². The zero-order valence-corrected chi connectivity index (χ0v) is 13.3. The highest BCUT2D eigenvalue weighted by molar-refractivity contribution is 9.10. The van der Waals surface area contributed by atoms with Crippen LogP contribution in [0.25, 0.3) is 0 Å². The Kier molecular flexibility index (Phi) is 4.74. The van der Waals surface area contributed by atoms with Crippen molar-refractivity contribution in [3.8, 4) is 0 Å². The van der Waals surface area contributed by atoms with Crippen LogP contribution in [0.3, 0.4) is 0 Å². The van der Waals surface area contributed by atoms with Gasteiger partial charge in [0.2, 0.25) is 0 Å². The van der Waals surface area contributed by atoms with Crippen molar-refractivity contribution in [3.63, 3.8) is 0 Å². The average molecular weight is 351 g/mol. The molecule has 0 saturated heterocycles. The standard InChI is InChI=1S/C14H15BrN4O2/c1-18(2)14-12(4-3-7-16-14)17-9-10-8-11(15)5-6-13(10)19(20)21/h3-8,17H,9H2,1-2H3. The second-order valence-corrected chi connectivity index (χ2v) is 5.57. The van der Waals surface area contributed by atoms with E-state index in [0.717, 1.165) is 16.0 Å². The minimum atomic E-state index is -0.375. The van der Waals surface area contributed by atoms with Crippen LogP contribution >= 0.6 is 15.9 Å². The zero-order valence-electron chi connectivity index (χ0n) is 11.7. The number of nitro benzene ring substituents is 1. The molecule has 2 rings (SSSR count). The van der Waals surface area contributed by atoms with Gasteiger partial charge in [-0.1, -0.05) is 15.9 Å². The molecule has 0 bridgehead atoms. The number of nitrogens with one attached hydrogen (secondary N) is 1. The number of rotatable bonds is 5. The molecule has 0 saturated carbocycles. The summed E-state index contributed by atoms with van der Waals surface area (Å²) in [5, 5.41) is 14.3. The molecule has 1 heterocycles. The van der Waals surface area contributed by atoms with Crippen LogP contribution < -0.4 is 10.2 Å². The lowest BCUT2D eigenvalue weighted by atomic mass is 10.2. The van der Waals surface area contributed by atoms with Crippen LogP contribution in [0.2, 0.25) is 0 Å². The van der Waals surface area contributed by atoms with Crippen molar-refractivity contribution in [2.24, 2.45) is 0 Å². The monoisotopic (exact) mass is 350 g/mol. The predicted octanol–water partition coefficient (Wildman–Crippen LogP) is 3.43. The van der Waals surface area contributed by atoms with E-state index in [1.807, 2.05) is 31.1 Å². The Morgan fingerprint density at radius 1 is 1.38 bits per heavy atom. The lowest BCUT2D eigenvalue weighted by molar-refractivity contribution is -0.385. The zero-order chi connectivity index (χ0) is 15.4. The molecule has 1 aromatic heterocycles. The summed E-state index contributed by atoms with van der Waals surface area (Å²) < 4.78 is 0.809. The summed E-state index contributed by atoms with van der Waals surface area (Å²) in [4.78, 5) is 16.9. The van der Waals surface area contributed by atoms with Crippen molar-refractivity contribution >= 4 is 33.1 Å². The molecule has 0 amide bonds. The lowest BCUT2D eigenvalue weighted by Gasteiger charge is -2.17. The van der Waals surface area contributed by atoms with Gasteiger partial charge in [-0.25, -0.2) is 4.98 Å². The number of hydrogen-bond donors (Lipinski definition) is 1. The largest absolute Gasteiger partial charge is 0.378 e. The fourth-order valence-corrected chi connectivity index (χ4v) is 2.36. The Morgan fingerprint density at radius 2 is 2.14 bits per heavy atom. The first kappa shape index (κ1) is 15.2. The molecule has 0 unspecified atom stereocenters. The molecule has 0 aliphatic carbocycles. The molecular formula is C14H15BrN4O2. The third-order valence-electron chi connectivity index (χ3n) is 2.92. The Morgan fingerprint density at radius 3 is 2.81 bits per heavy atom. The average Bonchev–Trinajstić information content (AvgIpc) is 2.45. The number of hydrogen-bond acceptors (Lipinski definition) is 5. The maximum Gasteiger partial charge on any atom is 0.274 e. The van der Waals surface area contributed by atoms with E-state index in [4.69, 9.17) is 0 Å². The van der Waals surface area contributed by atoms with Crippen molar-refractivity contribution in [2.45, 2.75) is 6.54 Å². The molecule has 0 atom stereocenters. The first-order valence-corrected chi connectivity index (χ1v) is 7.07. The van der Waals surface area contributed by atoms with Gasteiger partial charge in [0.25, 0.3) is 5.69 Å². The summed E-state index contributed by atoms with van der Waals surface area (Å²) in [6, 6.07) is 8.63. The summed E-state index contributed by atoms with van der Waals surface area (Å²) >= 11 is 3.34. The number of halogens is 1. The highest BCUT2D eigenvalue weighted by atomic mass is 79.9. The lowest BCUT2D eigenvalue weighted by Crippen LogP contribution is -2.14. The molecule has 0 radical (unpaired) electrons. The van der Waals surface area contributed by atoms with E-state index < -0.39 is 0 Å². The van der Waals surface area contributed by atoms with E-state index in [-0.39, 0.29) is 10.6 Å². The Bertz CT molecular complexity index is 661. The maximum atomic E-state index is 11.1. The smallest absolute Gasteiger partial charge is 0.274 e. The molecule has 1 N–H and O–H groups in total. The Labute approximate surface area is 131 Å². The van der Waals surface area contributed by atoms with Gasteiger partial charge in [-0.15, -0.1) is 0 Å². The number of nitro groups is 1. The summed E-state index contributed by atoms with van der Waals surface area (Å²) in [7, 11) is 3.80. The van der Waals surface area contributed by atoms with Gasteiger partial charge >= 0.3 is 0 Å². The van der Waals surface area contributed by atoms with Crippen LogP contribution in [0.4, 0.5) is 17.2 Å². The molecule has 0 aliphatic heterocycles. The number of aromatic nitrogens is 1. The number of benzene rings is 1. The molecule has 6 nitrogen and oxygen atoms in total. The first-order chi connectivity index (χ1) is 9.99. The Balaban J connectivity index is 2.25. The van der Waals surface area contributed by atoms with E-state index in [0.29, 0.717) is 12.1 Å². The summed E-state index contributed by atoms with van der Waals surface area (Å²) in [5.41, 5.74) is 1.54. The second-order valence-electron chi connectivity index (χ2n) is 4.65. The van der Waals surface area contributed by atoms with Gasteiger partial charge in [-0.05, 0) is 24.3 Å². The highest BCUT2D eigenvalue weighted by Gasteiger charge is 2.14. The third kappa shape index (κ3) is 3.69. The summed E-state index contributed by atoms with van der Waals surface area (Å²) in [6.45, 7) is 0.349. The normalized spacial score (nSPS) is 10.2. The van der Waals surface area contributed by atoms with Crippen molar-refractivity contribution < 1.29 is 4.92 Å². The minimum Gasteiger partial charge on any atom is -0.378 e. The number of pyridine rings is 1. The molecule has 0 fully saturated rings. The summed E-state index contributed by atoms with van der Waals surface area (Å²) in [6.07, 6.45) is 1.71. The van der Waals surface area contributed by atoms with Crippen LogP contribution in [0, 0.1) is 10.1 Å². The van der Waals surface area contributed by atoms with Crippen LogP contribution in [-0.4, -0.2) is 24.0 Å². The highest BCUT2D eigenvalue weighted by Crippen LogP contribution is 2.26. The van der Waals surface area contributed by atoms with Crippen LogP contribution in [0.5, 0.6) is 0 Å². The van der Waals surface area contributed by atoms with Gasteiger partial charge < -0.3 is 10.2 Å². The van der Waals surface area contributed by atoms with E-state index in [1.54, 1.807) is 18.3 Å². The van der Waals surface area contributed by atoms with E-state index in [9.17, 15) is 10.1 Å². The first-order valence-electron chi connectivity index (χ1n) is 6.28. The molecule has 2 aromatic rings. The van der Waals surface area contributed by atoms with Gasteiger partial charge in [0.15, 0.2) is 5.82 Å². The molecule has 0 spiro atoms. The minimum absolute atomic E-state index is 0.0981. The van der Waals surface area contributed by atoms with Gasteiger partial charge in [0.1, 0.15) is 0 Å². The topological polar surface area (TPSA) is 71.3 Å². The third-order valence-corrected chi connectivity index (χ3v) is 3.41. The van der Waals surface area contributed by atoms with Crippen molar-refractivity contribution in [1.82, 2.24) is 4.98 Å². The molecule has 0 aliphatic rings. The second kappa shape index (κ2) is 6.53. The van der Waals surface area contributed by atoms with E-state index in [2.05, 4.69) is 26.2 Å². The van der Waals surface area contributed by atoms with Crippen LogP contribution in [0.15, 0.2) is 41.0 Å². The molecule has 21 heavy (non-hydrogen) atoms. The fraction of sp³-hybridized carbons (Fsp3) is 0.214. The van der Waals surface area contributed by atoms with E-state index in [1.165, 1.54) is 6.07 Å². The van der Waals surface area contributed by atoms with Crippen LogP contribution in [-0.2, 0) is 6.54 Å². The predicted molar refractivity (Wildman–Crippen MR) is 86.7 cm³/mol. The maximum absolute atomic E-state index is 11.1. The quantitative estimate of drug-likeness (QED) is 0.660.